The van der Waals surface area contributed by atoms with E-state index >= 15 is 0 Å². The van der Waals surface area contributed by atoms with Gasteiger partial charge in [0.2, 0.25) is 17.7 Å². The van der Waals surface area contributed by atoms with E-state index in [2.05, 4.69) is 10.6 Å². The Morgan fingerprint density at radius 2 is 1.76 bits per heavy atom. The van der Waals surface area contributed by atoms with Crippen LogP contribution in [0.15, 0.2) is 24.3 Å². The predicted molar refractivity (Wildman–Crippen MR) is 134 cm³/mol. The number of hydrogen-bond donors (Lipinski definition) is 4. The molecule has 0 aliphatic heterocycles. The molecular weight excluding hydrogens is 484 g/mol. The van der Waals surface area contributed by atoms with Crippen molar-refractivity contribution >= 4 is 29.8 Å². The zero-order chi connectivity index (χ0) is 28.2. The van der Waals surface area contributed by atoms with Crippen molar-refractivity contribution in [2.45, 2.75) is 71.6 Å². The average Bonchev–Trinajstić information content (AvgIpc) is 2.77. The summed E-state index contributed by atoms with van der Waals surface area (Å²) in [6, 6.07) is 3.21. The quantitative estimate of drug-likeness (QED) is 0.282. The molecule has 0 heterocycles. The van der Waals surface area contributed by atoms with Crippen molar-refractivity contribution in [3.63, 3.8) is 0 Å². The third-order valence-electron chi connectivity index (χ3n) is 4.87. The first kappa shape index (κ1) is 31.2. The molecule has 4 amide bonds. The number of phenolic OH excluding ortho intramolecular Hbond substituents is 1. The maximum Gasteiger partial charge on any atom is 0.408 e. The molecule has 0 radical (unpaired) electrons. The van der Waals surface area contributed by atoms with Crippen molar-refractivity contribution in [1.29, 1.82) is 0 Å². The Morgan fingerprint density at radius 1 is 1.11 bits per heavy atom. The molecule has 0 fully saturated rings. The lowest BCUT2D eigenvalue weighted by atomic mass is 10.0. The number of carbonyl (C=O) groups excluding carboxylic acids is 5. The lowest BCUT2D eigenvalue weighted by Gasteiger charge is -2.34. The van der Waals surface area contributed by atoms with Gasteiger partial charge in [0.05, 0.1) is 19.4 Å². The molecule has 12 nitrogen and oxygen atoms in total. The first-order valence-electron chi connectivity index (χ1n) is 12.1. The molecule has 0 bridgehead atoms. The van der Waals surface area contributed by atoms with Gasteiger partial charge in [-0.3, -0.25) is 19.2 Å². The number of esters is 1. The Kier molecular flexibility index (Phi) is 12.4. The van der Waals surface area contributed by atoms with Crippen LogP contribution in [-0.4, -0.2) is 71.1 Å². The highest BCUT2D eigenvalue weighted by molar-refractivity contribution is 5.94. The fraction of sp³-hybridized carbons (Fsp3) is 0.560. The second-order valence-corrected chi connectivity index (χ2v) is 9.21. The van der Waals surface area contributed by atoms with Gasteiger partial charge in [0.15, 0.2) is 0 Å². The largest absolute Gasteiger partial charge is 0.508 e. The molecule has 5 N–H and O–H groups in total. The minimum atomic E-state index is -1.43. The van der Waals surface area contributed by atoms with Crippen molar-refractivity contribution in [1.82, 2.24) is 15.5 Å². The number of ether oxygens (including phenoxy) is 2. The highest BCUT2D eigenvalue weighted by Gasteiger charge is 2.37. The van der Waals surface area contributed by atoms with Gasteiger partial charge in [-0.1, -0.05) is 25.1 Å². The van der Waals surface area contributed by atoms with E-state index in [4.69, 9.17) is 15.2 Å². The lowest BCUT2D eigenvalue weighted by molar-refractivity contribution is -0.144. The summed E-state index contributed by atoms with van der Waals surface area (Å²) in [4.78, 5) is 64.0. The van der Waals surface area contributed by atoms with Crippen LogP contribution >= 0.6 is 0 Å². The van der Waals surface area contributed by atoms with E-state index < -0.39 is 53.9 Å². The zero-order valence-corrected chi connectivity index (χ0v) is 22.0. The van der Waals surface area contributed by atoms with Crippen molar-refractivity contribution in [2.75, 3.05) is 19.7 Å². The first-order valence-corrected chi connectivity index (χ1v) is 12.1. The Balaban J connectivity index is 3.36. The van der Waals surface area contributed by atoms with Gasteiger partial charge in [0, 0.05) is 18.7 Å². The molecule has 1 aromatic rings. The van der Waals surface area contributed by atoms with E-state index in [0.29, 0.717) is 6.42 Å². The summed E-state index contributed by atoms with van der Waals surface area (Å²) in [7, 11) is 0. The van der Waals surface area contributed by atoms with Crippen LogP contribution < -0.4 is 16.4 Å². The summed E-state index contributed by atoms with van der Waals surface area (Å²) >= 11 is 0. The Morgan fingerprint density at radius 3 is 2.30 bits per heavy atom. The molecule has 0 saturated heterocycles. The van der Waals surface area contributed by atoms with Crippen LogP contribution in [0.5, 0.6) is 5.75 Å². The van der Waals surface area contributed by atoms with Crippen LogP contribution in [0.2, 0.25) is 0 Å². The predicted octanol–water partition coefficient (Wildman–Crippen LogP) is 1.51. The third-order valence-corrected chi connectivity index (χ3v) is 4.87. The van der Waals surface area contributed by atoms with Gasteiger partial charge in [-0.25, -0.2) is 4.79 Å². The van der Waals surface area contributed by atoms with Crippen molar-refractivity contribution in [2.24, 2.45) is 5.73 Å². The smallest absolute Gasteiger partial charge is 0.408 e. The highest BCUT2D eigenvalue weighted by Crippen LogP contribution is 2.30. The topological polar surface area (TPSA) is 177 Å². The van der Waals surface area contributed by atoms with E-state index in [1.54, 1.807) is 46.8 Å². The molecule has 2 unspecified atom stereocenters. The van der Waals surface area contributed by atoms with Gasteiger partial charge < -0.3 is 35.8 Å². The second-order valence-electron chi connectivity index (χ2n) is 9.21. The number of carbonyl (C=O) groups is 5. The summed E-state index contributed by atoms with van der Waals surface area (Å²) < 4.78 is 10.1. The highest BCUT2D eigenvalue weighted by atomic mass is 16.6. The SMILES string of the molecule is CCCN(C(=O)C(CC(N)=O)NC(=O)OC(C)(C)C)C(C(=O)NCCC(=O)OCC)c1ccccc1O. The van der Waals surface area contributed by atoms with Crippen molar-refractivity contribution < 1.29 is 38.6 Å². The molecule has 1 rings (SSSR count). The van der Waals surface area contributed by atoms with Gasteiger partial charge in [-0.2, -0.15) is 0 Å². The monoisotopic (exact) mass is 522 g/mol. The number of amides is 4. The number of aromatic hydroxyl groups is 1. The summed E-state index contributed by atoms with van der Waals surface area (Å²) in [5, 5.41) is 15.5. The molecule has 206 valence electrons. The number of nitrogens with zero attached hydrogens (tertiary/aromatic N) is 1. The number of alkyl carbamates (subject to hydrolysis) is 1. The van der Waals surface area contributed by atoms with Crippen LogP contribution in [0, 0.1) is 0 Å². The number of hydrogen-bond acceptors (Lipinski definition) is 8. The molecule has 0 aliphatic carbocycles. The Hall–Kier alpha value is -3.83. The summed E-state index contributed by atoms with van der Waals surface area (Å²) in [6.45, 7) is 8.49. The number of nitrogens with two attached hydrogens (primary N) is 1. The number of rotatable bonds is 13. The van der Waals surface area contributed by atoms with E-state index in [0.717, 1.165) is 4.90 Å². The van der Waals surface area contributed by atoms with E-state index in [1.165, 1.54) is 12.1 Å². The summed E-state index contributed by atoms with van der Waals surface area (Å²) in [5.41, 5.74) is 4.58. The van der Waals surface area contributed by atoms with Crippen molar-refractivity contribution in [3.8, 4) is 5.75 Å². The molecule has 2 atom stereocenters. The number of nitrogens with one attached hydrogen (secondary N) is 2. The Bertz CT molecular complexity index is 960. The molecule has 12 heteroatoms. The molecular formula is C25H38N4O8. The lowest BCUT2D eigenvalue weighted by Crippen LogP contribution is -2.54. The maximum atomic E-state index is 13.7. The van der Waals surface area contributed by atoms with E-state index in [9.17, 15) is 29.1 Å². The van der Waals surface area contributed by atoms with Gasteiger partial charge in [-0.15, -0.1) is 0 Å². The van der Waals surface area contributed by atoms with E-state index in [-0.39, 0.29) is 37.4 Å². The summed E-state index contributed by atoms with van der Waals surface area (Å²) in [5.74, 6) is -3.06. The molecule has 0 saturated carbocycles. The van der Waals surface area contributed by atoms with Crippen LogP contribution in [0.25, 0.3) is 0 Å². The standard InChI is InChI=1S/C25H38N4O8/c1-6-14-29(23(34)17(15-19(26)31)28-24(35)37-25(3,4)5)21(16-10-8-9-11-18(16)30)22(33)27-13-12-20(32)36-7-2/h8-11,17,21,30H,6-7,12-15H2,1-5H3,(H2,26,31)(H,27,33)(H,28,35). The minimum absolute atomic E-state index is 0.0361. The average molecular weight is 523 g/mol. The number of primary amides is 1. The van der Waals surface area contributed by atoms with Gasteiger partial charge in [0.1, 0.15) is 23.4 Å². The van der Waals surface area contributed by atoms with Crippen LogP contribution in [0.4, 0.5) is 4.79 Å². The van der Waals surface area contributed by atoms with Crippen molar-refractivity contribution in [3.05, 3.63) is 29.8 Å². The maximum absolute atomic E-state index is 13.7. The first-order chi connectivity index (χ1) is 17.3. The molecule has 37 heavy (non-hydrogen) atoms. The second kappa shape index (κ2) is 14.7. The number of para-hydroxylation sites is 1. The van der Waals surface area contributed by atoms with Gasteiger partial charge in [-0.05, 0) is 40.2 Å². The third kappa shape index (κ3) is 10.8. The van der Waals surface area contributed by atoms with E-state index in [1.807, 2.05) is 0 Å². The van der Waals surface area contributed by atoms with Crippen LogP contribution in [0.3, 0.4) is 0 Å². The number of phenols is 1. The molecule has 0 aromatic heterocycles. The fourth-order valence-corrected chi connectivity index (χ4v) is 3.45. The molecule has 0 spiro atoms. The Labute approximate surface area is 216 Å². The summed E-state index contributed by atoms with van der Waals surface area (Å²) in [6.07, 6.45) is -1.18. The van der Waals surface area contributed by atoms with Gasteiger partial charge >= 0.3 is 12.1 Å². The molecule has 1 aromatic carbocycles. The molecule has 0 aliphatic rings. The normalized spacial score (nSPS) is 12.6. The fourth-order valence-electron chi connectivity index (χ4n) is 3.45. The van der Waals surface area contributed by atoms with Crippen LogP contribution in [0.1, 0.15) is 65.5 Å². The zero-order valence-electron chi connectivity index (χ0n) is 22.0. The van der Waals surface area contributed by atoms with Crippen LogP contribution in [-0.2, 0) is 28.7 Å². The van der Waals surface area contributed by atoms with Gasteiger partial charge in [0.25, 0.3) is 0 Å². The minimum Gasteiger partial charge on any atom is -0.508 e. The number of benzene rings is 1.